The molecule has 3 nitrogen and oxygen atoms in total. The average Bonchev–Trinajstić information content (AvgIpc) is 3.09. The fraction of sp³-hybridized carbons (Fsp3) is 1.00. The SMILES string of the molecule is CCC(COCC(CC)C1CO1)C1CO1. The number of hydrogen-bond acceptors (Lipinski definition) is 3. The van der Waals surface area contributed by atoms with Crippen LogP contribution < -0.4 is 0 Å². The van der Waals surface area contributed by atoms with Gasteiger partial charge in [-0.15, -0.1) is 0 Å². The van der Waals surface area contributed by atoms with Crippen molar-refractivity contribution in [2.45, 2.75) is 38.9 Å². The van der Waals surface area contributed by atoms with Crippen LogP contribution in [-0.4, -0.2) is 38.6 Å². The zero-order chi connectivity index (χ0) is 10.7. The average molecular weight is 214 g/mol. The van der Waals surface area contributed by atoms with E-state index >= 15 is 0 Å². The minimum atomic E-state index is 0.479. The van der Waals surface area contributed by atoms with E-state index in [1.54, 1.807) is 0 Å². The molecule has 88 valence electrons. The Labute approximate surface area is 92.1 Å². The predicted molar refractivity (Wildman–Crippen MR) is 57.9 cm³/mol. The number of ether oxygens (including phenoxy) is 3. The van der Waals surface area contributed by atoms with Gasteiger partial charge in [-0.05, 0) is 12.8 Å². The maximum Gasteiger partial charge on any atom is 0.0859 e. The Bertz CT molecular complexity index is 167. The van der Waals surface area contributed by atoms with E-state index in [1.807, 2.05) is 0 Å². The summed E-state index contributed by atoms with van der Waals surface area (Å²) in [7, 11) is 0. The second-order valence-corrected chi connectivity index (χ2v) is 4.62. The summed E-state index contributed by atoms with van der Waals surface area (Å²) in [5.41, 5.74) is 0. The molecule has 0 saturated carbocycles. The van der Waals surface area contributed by atoms with Gasteiger partial charge in [0.15, 0.2) is 0 Å². The van der Waals surface area contributed by atoms with E-state index in [0.717, 1.165) is 39.3 Å². The topological polar surface area (TPSA) is 34.3 Å². The Hall–Kier alpha value is -0.120. The maximum atomic E-state index is 5.78. The molecule has 0 aromatic rings. The maximum absolute atomic E-state index is 5.78. The third kappa shape index (κ3) is 3.44. The molecule has 2 aliphatic heterocycles. The highest BCUT2D eigenvalue weighted by atomic mass is 16.6. The second-order valence-electron chi connectivity index (χ2n) is 4.62. The van der Waals surface area contributed by atoms with Crippen molar-refractivity contribution in [2.24, 2.45) is 11.8 Å². The first kappa shape index (κ1) is 11.4. The van der Waals surface area contributed by atoms with Crippen molar-refractivity contribution in [1.29, 1.82) is 0 Å². The lowest BCUT2D eigenvalue weighted by Gasteiger charge is -2.16. The molecule has 2 rings (SSSR count). The Morgan fingerprint density at radius 3 is 1.67 bits per heavy atom. The molecule has 4 unspecified atom stereocenters. The van der Waals surface area contributed by atoms with Crippen LogP contribution in [0, 0.1) is 11.8 Å². The Morgan fingerprint density at radius 1 is 1.00 bits per heavy atom. The minimum Gasteiger partial charge on any atom is -0.381 e. The van der Waals surface area contributed by atoms with E-state index < -0.39 is 0 Å². The van der Waals surface area contributed by atoms with Gasteiger partial charge in [-0.25, -0.2) is 0 Å². The van der Waals surface area contributed by atoms with Crippen molar-refractivity contribution in [3.8, 4) is 0 Å². The van der Waals surface area contributed by atoms with Gasteiger partial charge in [0, 0.05) is 11.8 Å². The van der Waals surface area contributed by atoms with Gasteiger partial charge in [0.25, 0.3) is 0 Å². The molecule has 0 radical (unpaired) electrons. The van der Waals surface area contributed by atoms with E-state index in [-0.39, 0.29) is 0 Å². The van der Waals surface area contributed by atoms with E-state index in [4.69, 9.17) is 14.2 Å². The molecule has 2 saturated heterocycles. The molecule has 0 aromatic carbocycles. The minimum absolute atomic E-state index is 0.479. The smallest absolute Gasteiger partial charge is 0.0859 e. The summed E-state index contributed by atoms with van der Waals surface area (Å²) in [6.45, 7) is 7.98. The lowest BCUT2D eigenvalue weighted by Crippen LogP contribution is -2.20. The Balaban J connectivity index is 1.59. The molecular weight excluding hydrogens is 192 g/mol. The molecule has 2 heterocycles. The van der Waals surface area contributed by atoms with Crippen LogP contribution in [0.15, 0.2) is 0 Å². The van der Waals surface area contributed by atoms with Gasteiger partial charge in [-0.2, -0.15) is 0 Å². The molecule has 4 atom stereocenters. The summed E-state index contributed by atoms with van der Waals surface area (Å²) in [4.78, 5) is 0. The van der Waals surface area contributed by atoms with E-state index in [0.29, 0.717) is 24.0 Å². The number of hydrogen-bond donors (Lipinski definition) is 0. The van der Waals surface area contributed by atoms with E-state index in [2.05, 4.69) is 13.8 Å². The summed E-state index contributed by atoms with van der Waals surface area (Å²) in [5, 5.41) is 0. The molecule has 15 heavy (non-hydrogen) atoms. The second kappa shape index (κ2) is 5.28. The largest absolute Gasteiger partial charge is 0.381 e. The van der Waals surface area contributed by atoms with E-state index in [9.17, 15) is 0 Å². The van der Waals surface area contributed by atoms with Crippen LogP contribution in [0.5, 0.6) is 0 Å². The van der Waals surface area contributed by atoms with Crippen LogP contribution in [0.25, 0.3) is 0 Å². The highest BCUT2D eigenvalue weighted by Gasteiger charge is 2.33. The predicted octanol–water partition coefficient (Wildman–Crippen LogP) is 1.85. The van der Waals surface area contributed by atoms with Gasteiger partial charge < -0.3 is 14.2 Å². The molecule has 2 fully saturated rings. The highest BCUT2D eigenvalue weighted by Crippen LogP contribution is 2.26. The summed E-state index contributed by atoms with van der Waals surface area (Å²) >= 11 is 0. The van der Waals surface area contributed by atoms with E-state index in [1.165, 1.54) is 0 Å². The molecular formula is C12H22O3. The molecule has 0 aromatic heterocycles. The quantitative estimate of drug-likeness (QED) is 0.578. The first-order valence-electron chi connectivity index (χ1n) is 6.16. The molecule has 0 N–H and O–H groups in total. The van der Waals surface area contributed by atoms with Crippen molar-refractivity contribution in [3.63, 3.8) is 0 Å². The van der Waals surface area contributed by atoms with Gasteiger partial charge in [-0.1, -0.05) is 13.8 Å². The van der Waals surface area contributed by atoms with Gasteiger partial charge in [0.2, 0.25) is 0 Å². The number of rotatable bonds is 8. The fourth-order valence-electron chi connectivity index (χ4n) is 2.00. The molecule has 0 aliphatic carbocycles. The summed E-state index contributed by atoms with van der Waals surface area (Å²) in [6, 6.07) is 0. The lowest BCUT2D eigenvalue weighted by molar-refractivity contribution is 0.0528. The van der Waals surface area contributed by atoms with Crippen molar-refractivity contribution in [1.82, 2.24) is 0 Å². The van der Waals surface area contributed by atoms with Crippen LogP contribution in [0.2, 0.25) is 0 Å². The molecule has 2 aliphatic rings. The zero-order valence-electron chi connectivity index (χ0n) is 9.78. The third-order valence-electron chi connectivity index (χ3n) is 3.48. The molecule has 0 amide bonds. The van der Waals surface area contributed by atoms with Crippen LogP contribution in [-0.2, 0) is 14.2 Å². The number of epoxide rings is 2. The highest BCUT2D eigenvalue weighted by molar-refractivity contribution is 4.80. The third-order valence-corrected chi connectivity index (χ3v) is 3.48. The van der Waals surface area contributed by atoms with Crippen molar-refractivity contribution < 1.29 is 14.2 Å². The van der Waals surface area contributed by atoms with Crippen molar-refractivity contribution in [2.75, 3.05) is 26.4 Å². The van der Waals surface area contributed by atoms with Crippen LogP contribution >= 0.6 is 0 Å². The zero-order valence-corrected chi connectivity index (χ0v) is 9.78. The normalized spacial score (nSPS) is 32.4. The lowest BCUT2D eigenvalue weighted by atomic mass is 10.0. The van der Waals surface area contributed by atoms with Crippen molar-refractivity contribution in [3.05, 3.63) is 0 Å². The Kier molecular flexibility index (Phi) is 4.00. The van der Waals surface area contributed by atoms with Crippen molar-refractivity contribution >= 4 is 0 Å². The molecule has 0 bridgehead atoms. The van der Waals surface area contributed by atoms with Gasteiger partial charge in [0.05, 0.1) is 38.6 Å². The molecule has 0 spiro atoms. The fourth-order valence-corrected chi connectivity index (χ4v) is 2.00. The van der Waals surface area contributed by atoms with Crippen LogP contribution in [0.1, 0.15) is 26.7 Å². The Morgan fingerprint density at radius 2 is 1.40 bits per heavy atom. The summed E-state index contributed by atoms with van der Waals surface area (Å²) in [5.74, 6) is 1.20. The standard InChI is InChI=1S/C12H22O3/c1-3-9(11-7-14-11)5-13-6-10(4-2)12-8-15-12/h9-12H,3-8H2,1-2H3. The first-order valence-corrected chi connectivity index (χ1v) is 6.16. The summed E-state index contributed by atoms with van der Waals surface area (Å²) < 4.78 is 16.4. The van der Waals surface area contributed by atoms with Gasteiger partial charge in [-0.3, -0.25) is 0 Å². The van der Waals surface area contributed by atoms with Gasteiger partial charge in [0.1, 0.15) is 0 Å². The summed E-state index contributed by atoms with van der Waals surface area (Å²) in [6.07, 6.45) is 3.27. The molecule has 3 heteroatoms. The van der Waals surface area contributed by atoms with Crippen LogP contribution in [0.3, 0.4) is 0 Å². The first-order chi connectivity index (χ1) is 7.35. The monoisotopic (exact) mass is 214 g/mol. The van der Waals surface area contributed by atoms with Gasteiger partial charge >= 0.3 is 0 Å². The van der Waals surface area contributed by atoms with Crippen LogP contribution in [0.4, 0.5) is 0 Å².